The van der Waals surface area contributed by atoms with E-state index in [1.165, 1.54) is 4.31 Å². The van der Waals surface area contributed by atoms with Crippen LogP contribution >= 0.6 is 0 Å². The maximum absolute atomic E-state index is 13.4. The predicted molar refractivity (Wildman–Crippen MR) is 148 cm³/mol. The predicted octanol–water partition coefficient (Wildman–Crippen LogP) is 4.01. The van der Waals surface area contributed by atoms with Crippen LogP contribution in [0.3, 0.4) is 0 Å². The number of hydrogen-bond donors (Lipinski definition) is 1. The highest BCUT2D eigenvalue weighted by Crippen LogP contribution is 2.30. The lowest BCUT2D eigenvalue weighted by atomic mass is 10.1. The number of nitrogens with one attached hydrogen (secondary N) is 1. The monoisotopic (exact) mass is 531 g/mol. The molecule has 37 heavy (non-hydrogen) atoms. The first-order valence-corrected chi connectivity index (χ1v) is 14.5. The molecule has 204 valence electrons. The molecule has 0 aliphatic rings. The number of nitrogens with zero attached hydrogens (tertiary/aromatic N) is 2. The second-order valence-corrected chi connectivity index (χ2v) is 12.0. The number of carbonyl (C=O) groups excluding carboxylic acids is 2. The molecule has 2 aromatic carbocycles. The Morgan fingerprint density at radius 1 is 1.00 bits per heavy atom. The number of rotatable bonds is 13. The third-order valence-corrected chi connectivity index (χ3v) is 6.92. The molecule has 0 aliphatic heterocycles. The first-order valence-electron chi connectivity index (χ1n) is 12.7. The molecule has 0 saturated heterocycles. The fourth-order valence-electron chi connectivity index (χ4n) is 3.97. The van der Waals surface area contributed by atoms with Crippen molar-refractivity contribution in [2.75, 3.05) is 30.3 Å². The quantitative estimate of drug-likeness (QED) is 0.421. The molecular weight excluding hydrogens is 490 g/mol. The van der Waals surface area contributed by atoms with Gasteiger partial charge in [-0.25, -0.2) is 8.42 Å². The molecule has 0 aliphatic carbocycles. The summed E-state index contributed by atoms with van der Waals surface area (Å²) in [6.07, 6.45) is 2.14. The van der Waals surface area contributed by atoms with Gasteiger partial charge in [0.25, 0.3) is 0 Å². The minimum absolute atomic E-state index is 0.102. The van der Waals surface area contributed by atoms with E-state index in [1.54, 1.807) is 36.1 Å². The van der Waals surface area contributed by atoms with Crippen molar-refractivity contribution < 1.29 is 22.7 Å². The summed E-state index contributed by atoms with van der Waals surface area (Å²) in [5.41, 5.74) is 1.08. The molecule has 1 N–H and O–H groups in total. The van der Waals surface area contributed by atoms with Gasteiger partial charge in [0, 0.05) is 25.0 Å². The second kappa shape index (κ2) is 13.5. The van der Waals surface area contributed by atoms with Gasteiger partial charge < -0.3 is 15.0 Å². The Morgan fingerprint density at radius 2 is 1.62 bits per heavy atom. The number of anilines is 1. The van der Waals surface area contributed by atoms with E-state index in [1.807, 2.05) is 58.0 Å². The molecule has 0 heterocycles. The van der Waals surface area contributed by atoms with Crippen LogP contribution in [0, 0.1) is 0 Å². The normalized spacial score (nSPS) is 12.5. The van der Waals surface area contributed by atoms with Crippen LogP contribution < -0.4 is 14.4 Å². The van der Waals surface area contributed by atoms with Crippen LogP contribution in [0.15, 0.2) is 54.6 Å². The zero-order valence-corrected chi connectivity index (χ0v) is 23.7. The van der Waals surface area contributed by atoms with E-state index in [4.69, 9.17) is 4.74 Å². The average Bonchev–Trinajstić information content (AvgIpc) is 2.81. The molecule has 0 aromatic heterocycles. The van der Waals surface area contributed by atoms with Crippen LogP contribution in [-0.4, -0.2) is 62.7 Å². The maximum Gasteiger partial charge on any atom is 0.242 e. The number of sulfonamides is 1. The summed E-state index contributed by atoms with van der Waals surface area (Å²) in [4.78, 5) is 27.9. The molecule has 0 spiro atoms. The zero-order chi connectivity index (χ0) is 27.6. The van der Waals surface area contributed by atoms with E-state index in [0.29, 0.717) is 37.4 Å². The van der Waals surface area contributed by atoms with Crippen LogP contribution in [0.2, 0.25) is 0 Å². The number of para-hydroxylation sites is 2. The van der Waals surface area contributed by atoms with Gasteiger partial charge in [0.05, 0.1) is 18.6 Å². The summed E-state index contributed by atoms with van der Waals surface area (Å²) in [7, 11) is -3.61. The molecule has 2 amide bonds. The molecule has 0 radical (unpaired) electrons. The van der Waals surface area contributed by atoms with E-state index in [-0.39, 0.29) is 24.8 Å². The van der Waals surface area contributed by atoms with Gasteiger partial charge in [0.1, 0.15) is 11.8 Å². The van der Waals surface area contributed by atoms with E-state index in [9.17, 15) is 18.0 Å². The van der Waals surface area contributed by atoms with Crippen molar-refractivity contribution in [1.82, 2.24) is 10.2 Å². The maximum atomic E-state index is 13.4. The van der Waals surface area contributed by atoms with Crippen LogP contribution in [0.4, 0.5) is 5.69 Å². The Labute approximate surface area is 222 Å². The van der Waals surface area contributed by atoms with Crippen LogP contribution in [0.25, 0.3) is 0 Å². The molecule has 0 bridgehead atoms. The minimum Gasteiger partial charge on any atom is -0.492 e. The van der Waals surface area contributed by atoms with Gasteiger partial charge in [-0.05, 0) is 65.2 Å². The molecule has 1 atom stereocenters. The molecule has 8 nitrogen and oxygen atoms in total. The summed E-state index contributed by atoms with van der Waals surface area (Å²) >= 11 is 0. The number of carbonyl (C=O) groups is 2. The molecule has 0 fully saturated rings. The molecule has 2 rings (SSSR count). The SMILES string of the molecule is CCOc1ccccc1N(CCCC(=O)N(CCc1ccccc1)C(C)C(=O)NC(C)(C)C)S(C)(=O)=O. The van der Waals surface area contributed by atoms with Gasteiger partial charge in [0.2, 0.25) is 21.8 Å². The van der Waals surface area contributed by atoms with Gasteiger partial charge in [0.15, 0.2) is 0 Å². The van der Waals surface area contributed by atoms with Gasteiger partial charge in [-0.2, -0.15) is 0 Å². The molecule has 2 aromatic rings. The van der Waals surface area contributed by atoms with Crippen LogP contribution in [0.1, 0.15) is 53.0 Å². The largest absolute Gasteiger partial charge is 0.492 e. The van der Waals surface area contributed by atoms with Crippen LogP contribution in [-0.2, 0) is 26.0 Å². The van der Waals surface area contributed by atoms with Crippen molar-refractivity contribution in [2.45, 2.75) is 65.5 Å². The topological polar surface area (TPSA) is 96.0 Å². The average molecular weight is 532 g/mol. The van der Waals surface area contributed by atoms with Gasteiger partial charge in [-0.3, -0.25) is 13.9 Å². The highest BCUT2D eigenvalue weighted by atomic mass is 32.2. The smallest absolute Gasteiger partial charge is 0.242 e. The van der Waals surface area contributed by atoms with E-state index in [2.05, 4.69) is 5.32 Å². The highest BCUT2D eigenvalue weighted by molar-refractivity contribution is 7.92. The minimum atomic E-state index is -3.61. The third kappa shape index (κ3) is 9.72. The van der Waals surface area contributed by atoms with Crippen molar-refractivity contribution in [3.63, 3.8) is 0 Å². The Bertz CT molecular complexity index is 1130. The van der Waals surface area contributed by atoms with Gasteiger partial charge in [-0.15, -0.1) is 0 Å². The standard InChI is InChI=1S/C28H41N3O5S/c1-7-36-25-17-12-11-16-24(25)31(37(6,34)35)20-13-18-26(32)30(21-19-23-14-9-8-10-15-23)22(2)27(33)29-28(3,4)5/h8-12,14-17,22H,7,13,18-21H2,1-6H3,(H,29,33). The Morgan fingerprint density at radius 3 is 2.22 bits per heavy atom. The second-order valence-electron chi connectivity index (χ2n) is 10.1. The van der Waals surface area contributed by atoms with Gasteiger partial charge in [-0.1, -0.05) is 42.5 Å². The number of ether oxygens (including phenoxy) is 1. The number of amides is 2. The Kier molecular flexibility index (Phi) is 11.0. The highest BCUT2D eigenvalue weighted by Gasteiger charge is 2.28. The van der Waals surface area contributed by atoms with E-state index < -0.39 is 21.6 Å². The van der Waals surface area contributed by atoms with Crippen molar-refractivity contribution in [1.29, 1.82) is 0 Å². The Hall–Kier alpha value is -3.07. The van der Waals surface area contributed by atoms with E-state index in [0.717, 1.165) is 11.8 Å². The lowest BCUT2D eigenvalue weighted by Gasteiger charge is -2.32. The summed E-state index contributed by atoms with van der Waals surface area (Å²) in [5.74, 6) is 0.0510. The summed E-state index contributed by atoms with van der Waals surface area (Å²) < 4.78 is 32.1. The van der Waals surface area contributed by atoms with E-state index >= 15 is 0 Å². The first-order chi connectivity index (χ1) is 17.3. The zero-order valence-electron chi connectivity index (χ0n) is 22.9. The fraction of sp³-hybridized carbons (Fsp3) is 0.500. The van der Waals surface area contributed by atoms with Crippen LogP contribution in [0.5, 0.6) is 5.75 Å². The first kappa shape index (κ1) is 30.2. The molecule has 0 saturated carbocycles. The van der Waals surface area contributed by atoms with Gasteiger partial charge >= 0.3 is 0 Å². The lowest BCUT2D eigenvalue weighted by molar-refractivity contribution is -0.140. The summed E-state index contributed by atoms with van der Waals surface area (Å²) in [6.45, 7) is 10.1. The summed E-state index contributed by atoms with van der Waals surface area (Å²) in [6, 6.07) is 16.1. The Balaban J connectivity index is 2.17. The van der Waals surface area contributed by atoms with Crippen molar-refractivity contribution in [3.05, 3.63) is 60.2 Å². The third-order valence-electron chi connectivity index (χ3n) is 5.74. The number of hydrogen-bond acceptors (Lipinski definition) is 5. The number of benzene rings is 2. The van der Waals surface area contributed by atoms with Crippen molar-refractivity contribution >= 4 is 27.5 Å². The summed E-state index contributed by atoms with van der Waals surface area (Å²) in [5, 5.41) is 2.95. The van der Waals surface area contributed by atoms with Crippen molar-refractivity contribution in [2.24, 2.45) is 0 Å². The molecule has 9 heteroatoms. The fourth-order valence-corrected chi connectivity index (χ4v) is 4.94. The molecular formula is C28H41N3O5S. The van der Waals surface area contributed by atoms with Crippen molar-refractivity contribution in [3.8, 4) is 5.75 Å². The lowest BCUT2D eigenvalue weighted by Crippen LogP contribution is -2.53. The molecule has 1 unspecified atom stereocenters.